The summed E-state index contributed by atoms with van der Waals surface area (Å²) in [6, 6.07) is 12.4. The van der Waals surface area contributed by atoms with Gasteiger partial charge in [-0.2, -0.15) is 5.26 Å². The van der Waals surface area contributed by atoms with Crippen LogP contribution in [0.15, 0.2) is 36.4 Å². The second-order valence-corrected chi connectivity index (χ2v) is 7.04. The van der Waals surface area contributed by atoms with Gasteiger partial charge in [0.25, 0.3) is 0 Å². The molecular formula is C20H22N2O4S. The minimum atomic E-state index is -0.809. The van der Waals surface area contributed by atoms with Crippen molar-refractivity contribution in [2.45, 2.75) is 32.2 Å². The number of nitrogens with one attached hydrogen (secondary N) is 1. The molecule has 142 valence electrons. The van der Waals surface area contributed by atoms with Gasteiger partial charge in [0.05, 0.1) is 25.3 Å². The summed E-state index contributed by atoms with van der Waals surface area (Å²) in [7, 11) is 1.29. The van der Waals surface area contributed by atoms with E-state index in [1.807, 2.05) is 31.2 Å². The first kappa shape index (κ1) is 20.5. The summed E-state index contributed by atoms with van der Waals surface area (Å²) < 4.78 is 9.85. The lowest BCUT2D eigenvalue weighted by Crippen LogP contribution is -2.43. The van der Waals surface area contributed by atoms with Gasteiger partial charge in [-0.1, -0.05) is 25.5 Å². The zero-order valence-electron chi connectivity index (χ0n) is 15.4. The standard InChI is InChI=1S/C20H22N2O4S/c1-3-4-11-26-20(24)22-17(19(23)25-2)12-16-9-10-18(27-16)15-7-5-14(13-21)6-8-15/h5-10,17H,3-4,11-12H2,1-2H3,(H,22,24). The molecule has 2 aromatic rings. The molecule has 0 spiro atoms. The first-order chi connectivity index (χ1) is 13.1. The highest BCUT2D eigenvalue weighted by molar-refractivity contribution is 7.15. The first-order valence-electron chi connectivity index (χ1n) is 8.67. The van der Waals surface area contributed by atoms with E-state index in [0.29, 0.717) is 18.6 Å². The second-order valence-electron chi connectivity index (χ2n) is 5.87. The van der Waals surface area contributed by atoms with Crippen LogP contribution in [-0.4, -0.2) is 31.8 Å². The number of rotatable bonds is 8. The van der Waals surface area contributed by atoms with Crippen LogP contribution in [0.5, 0.6) is 0 Å². The van der Waals surface area contributed by atoms with Crippen LogP contribution in [0, 0.1) is 11.3 Å². The van der Waals surface area contributed by atoms with Crippen molar-refractivity contribution in [2.24, 2.45) is 0 Å². The zero-order valence-corrected chi connectivity index (χ0v) is 16.2. The lowest BCUT2D eigenvalue weighted by atomic mass is 10.1. The van der Waals surface area contributed by atoms with E-state index in [1.165, 1.54) is 18.4 Å². The van der Waals surface area contributed by atoms with E-state index in [0.717, 1.165) is 28.2 Å². The minimum absolute atomic E-state index is 0.316. The number of hydrogen-bond acceptors (Lipinski definition) is 6. The number of carbonyl (C=O) groups excluding carboxylic acids is 2. The van der Waals surface area contributed by atoms with Crippen LogP contribution in [0.4, 0.5) is 4.79 Å². The van der Waals surface area contributed by atoms with Crippen molar-refractivity contribution in [1.82, 2.24) is 5.32 Å². The maximum Gasteiger partial charge on any atom is 0.407 e. The van der Waals surface area contributed by atoms with E-state index in [9.17, 15) is 9.59 Å². The van der Waals surface area contributed by atoms with Gasteiger partial charge >= 0.3 is 12.1 Å². The topological polar surface area (TPSA) is 88.4 Å². The molecule has 7 heteroatoms. The van der Waals surface area contributed by atoms with E-state index in [-0.39, 0.29) is 0 Å². The van der Waals surface area contributed by atoms with Crippen molar-refractivity contribution < 1.29 is 19.1 Å². The van der Waals surface area contributed by atoms with Crippen molar-refractivity contribution in [1.29, 1.82) is 5.26 Å². The number of ether oxygens (including phenoxy) is 2. The molecule has 0 aliphatic heterocycles. The number of hydrogen-bond donors (Lipinski definition) is 1. The van der Waals surface area contributed by atoms with Crippen LogP contribution in [0.3, 0.4) is 0 Å². The lowest BCUT2D eigenvalue weighted by molar-refractivity contribution is -0.142. The Balaban J connectivity index is 2.04. The van der Waals surface area contributed by atoms with Crippen molar-refractivity contribution >= 4 is 23.4 Å². The summed E-state index contributed by atoms with van der Waals surface area (Å²) in [6.07, 6.45) is 1.38. The molecule has 27 heavy (non-hydrogen) atoms. The minimum Gasteiger partial charge on any atom is -0.467 e. The molecule has 0 aliphatic rings. The van der Waals surface area contributed by atoms with Gasteiger partial charge in [-0.25, -0.2) is 9.59 Å². The van der Waals surface area contributed by atoms with Crippen LogP contribution >= 0.6 is 11.3 Å². The molecule has 1 N–H and O–H groups in total. The van der Waals surface area contributed by atoms with Crippen molar-refractivity contribution in [3.05, 3.63) is 46.8 Å². The Morgan fingerprint density at radius 3 is 2.59 bits per heavy atom. The van der Waals surface area contributed by atoms with Gasteiger partial charge in [-0.3, -0.25) is 0 Å². The lowest BCUT2D eigenvalue weighted by Gasteiger charge is -2.15. The largest absolute Gasteiger partial charge is 0.467 e. The van der Waals surface area contributed by atoms with E-state index in [4.69, 9.17) is 14.7 Å². The van der Waals surface area contributed by atoms with E-state index in [2.05, 4.69) is 11.4 Å². The zero-order chi connectivity index (χ0) is 19.6. The number of thiophene rings is 1. The monoisotopic (exact) mass is 386 g/mol. The average molecular weight is 386 g/mol. The van der Waals surface area contributed by atoms with Crippen molar-refractivity contribution in [2.75, 3.05) is 13.7 Å². The number of alkyl carbamates (subject to hydrolysis) is 1. The molecule has 1 heterocycles. The van der Waals surface area contributed by atoms with Gasteiger partial charge in [-0.15, -0.1) is 11.3 Å². The molecule has 1 unspecified atom stereocenters. The quantitative estimate of drug-likeness (QED) is 0.549. The SMILES string of the molecule is CCCCOC(=O)NC(Cc1ccc(-c2ccc(C#N)cc2)s1)C(=O)OC. The molecule has 1 amide bonds. The van der Waals surface area contributed by atoms with E-state index >= 15 is 0 Å². The van der Waals surface area contributed by atoms with E-state index in [1.54, 1.807) is 12.1 Å². The molecule has 1 atom stereocenters. The Kier molecular flexibility index (Phi) is 7.83. The fourth-order valence-corrected chi connectivity index (χ4v) is 3.44. The predicted molar refractivity (Wildman–Crippen MR) is 103 cm³/mol. The normalized spacial score (nSPS) is 11.3. The predicted octanol–water partition coefficient (Wildman–Crippen LogP) is 3.90. The maximum absolute atomic E-state index is 12.0. The summed E-state index contributed by atoms with van der Waals surface area (Å²) in [5.41, 5.74) is 1.60. The molecule has 0 bridgehead atoms. The van der Waals surface area contributed by atoms with Gasteiger partial charge < -0.3 is 14.8 Å². The molecule has 1 aromatic carbocycles. The molecule has 0 saturated heterocycles. The van der Waals surface area contributed by atoms with Crippen molar-refractivity contribution in [3.8, 4) is 16.5 Å². The van der Waals surface area contributed by atoms with Crippen LogP contribution in [0.25, 0.3) is 10.4 Å². The maximum atomic E-state index is 12.0. The van der Waals surface area contributed by atoms with Gasteiger partial charge in [0.15, 0.2) is 0 Å². The number of benzene rings is 1. The number of nitriles is 1. The fourth-order valence-electron chi connectivity index (χ4n) is 2.38. The highest BCUT2D eigenvalue weighted by Crippen LogP contribution is 2.29. The number of unbranched alkanes of at least 4 members (excludes halogenated alkanes) is 1. The van der Waals surface area contributed by atoms with Crippen LogP contribution < -0.4 is 5.32 Å². The van der Waals surface area contributed by atoms with Crippen LogP contribution in [0.2, 0.25) is 0 Å². The Hall–Kier alpha value is -2.85. The number of carbonyl (C=O) groups is 2. The van der Waals surface area contributed by atoms with Crippen molar-refractivity contribution in [3.63, 3.8) is 0 Å². The Bertz CT molecular complexity index is 808. The molecule has 0 radical (unpaired) electrons. The summed E-state index contributed by atoms with van der Waals surface area (Å²) in [4.78, 5) is 25.8. The summed E-state index contributed by atoms with van der Waals surface area (Å²) in [5.74, 6) is -0.518. The van der Waals surface area contributed by atoms with Gasteiger partial charge in [0, 0.05) is 16.2 Å². The molecule has 2 rings (SSSR count). The van der Waals surface area contributed by atoms with Gasteiger partial charge in [0.1, 0.15) is 6.04 Å². The smallest absolute Gasteiger partial charge is 0.407 e. The van der Waals surface area contributed by atoms with Gasteiger partial charge in [0.2, 0.25) is 0 Å². The number of esters is 1. The molecule has 0 saturated carbocycles. The summed E-state index contributed by atoms with van der Waals surface area (Å²) >= 11 is 1.52. The Morgan fingerprint density at radius 1 is 1.22 bits per heavy atom. The second kappa shape index (κ2) is 10.3. The van der Waals surface area contributed by atoms with E-state index < -0.39 is 18.1 Å². The third-order valence-corrected chi connectivity index (χ3v) is 5.03. The van der Waals surface area contributed by atoms with Crippen LogP contribution in [-0.2, 0) is 20.7 Å². The fraction of sp³-hybridized carbons (Fsp3) is 0.350. The molecule has 0 aliphatic carbocycles. The Morgan fingerprint density at radius 2 is 1.96 bits per heavy atom. The third kappa shape index (κ3) is 6.12. The Labute approximate surface area is 162 Å². The molecular weight excluding hydrogens is 364 g/mol. The first-order valence-corrected chi connectivity index (χ1v) is 9.49. The third-order valence-electron chi connectivity index (χ3n) is 3.87. The summed E-state index contributed by atoms with van der Waals surface area (Å²) in [6.45, 7) is 2.32. The molecule has 0 fully saturated rings. The number of nitrogens with zero attached hydrogens (tertiary/aromatic N) is 1. The average Bonchev–Trinajstić information content (AvgIpc) is 3.15. The highest BCUT2D eigenvalue weighted by Gasteiger charge is 2.23. The molecule has 1 aromatic heterocycles. The van der Waals surface area contributed by atoms with Crippen LogP contribution in [0.1, 0.15) is 30.2 Å². The summed E-state index contributed by atoms with van der Waals surface area (Å²) in [5, 5.41) is 11.5. The number of methoxy groups -OCH3 is 1. The highest BCUT2D eigenvalue weighted by atomic mass is 32.1. The number of amides is 1. The van der Waals surface area contributed by atoms with Gasteiger partial charge in [-0.05, 0) is 36.2 Å². The molecule has 6 nitrogen and oxygen atoms in total.